The van der Waals surface area contributed by atoms with E-state index in [0.717, 1.165) is 28.9 Å². The lowest BCUT2D eigenvalue weighted by molar-refractivity contribution is 0.226. The molecule has 18 heavy (non-hydrogen) atoms. The lowest BCUT2D eigenvalue weighted by Crippen LogP contribution is -2.16. The van der Waals surface area contributed by atoms with Crippen LogP contribution in [0.1, 0.15) is 38.3 Å². The molecule has 1 fully saturated rings. The van der Waals surface area contributed by atoms with Gasteiger partial charge in [0.25, 0.3) is 0 Å². The SMILES string of the molecule is COc1cc(Br)cc(C2CCCN2)c1OC(C)C. The van der Waals surface area contributed by atoms with E-state index in [1.807, 2.05) is 19.9 Å². The summed E-state index contributed by atoms with van der Waals surface area (Å²) in [6.45, 7) is 5.14. The Morgan fingerprint density at radius 2 is 2.17 bits per heavy atom. The van der Waals surface area contributed by atoms with Crippen molar-refractivity contribution in [3.8, 4) is 11.5 Å². The first-order valence-electron chi connectivity index (χ1n) is 6.39. The Morgan fingerprint density at radius 1 is 1.39 bits per heavy atom. The van der Waals surface area contributed by atoms with Gasteiger partial charge in [-0.2, -0.15) is 0 Å². The summed E-state index contributed by atoms with van der Waals surface area (Å²) in [5, 5.41) is 3.51. The van der Waals surface area contributed by atoms with Crippen molar-refractivity contribution in [1.82, 2.24) is 5.32 Å². The van der Waals surface area contributed by atoms with E-state index in [0.29, 0.717) is 6.04 Å². The predicted molar refractivity (Wildman–Crippen MR) is 76.4 cm³/mol. The molecule has 4 heteroatoms. The molecule has 1 unspecified atom stereocenters. The van der Waals surface area contributed by atoms with Crippen LogP contribution in [0.5, 0.6) is 11.5 Å². The van der Waals surface area contributed by atoms with Crippen molar-refractivity contribution in [2.24, 2.45) is 0 Å². The lowest BCUT2D eigenvalue weighted by atomic mass is 10.0. The molecule has 0 spiro atoms. The number of hydrogen-bond acceptors (Lipinski definition) is 3. The van der Waals surface area contributed by atoms with Crippen molar-refractivity contribution in [1.29, 1.82) is 0 Å². The zero-order valence-electron chi connectivity index (χ0n) is 11.1. The fourth-order valence-electron chi connectivity index (χ4n) is 2.31. The zero-order valence-corrected chi connectivity index (χ0v) is 12.7. The summed E-state index contributed by atoms with van der Waals surface area (Å²) in [7, 11) is 1.68. The number of nitrogens with one attached hydrogen (secondary N) is 1. The minimum Gasteiger partial charge on any atom is -0.493 e. The minimum absolute atomic E-state index is 0.139. The molecule has 1 N–H and O–H groups in total. The molecular formula is C14H20BrNO2. The van der Waals surface area contributed by atoms with Crippen molar-refractivity contribution in [2.75, 3.05) is 13.7 Å². The third-order valence-corrected chi connectivity index (χ3v) is 3.52. The Kier molecular flexibility index (Phi) is 4.51. The normalized spacial score (nSPS) is 19.3. The molecule has 2 rings (SSSR count). The Labute approximate surface area is 117 Å². The van der Waals surface area contributed by atoms with E-state index in [1.165, 1.54) is 12.0 Å². The number of ether oxygens (including phenoxy) is 2. The van der Waals surface area contributed by atoms with Crippen molar-refractivity contribution in [2.45, 2.75) is 38.8 Å². The smallest absolute Gasteiger partial charge is 0.166 e. The number of hydrogen-bond donors (Lipinski definition) is 1. The van der Waals surface area contributed by atoms with E-state index in [-0.39, 0.29) is 6.10 Å². The van der Waals surface area contributed by atoms with Crippen molar-refractivity contribution < 1.29 is 9.47 Å². The summed E-state index contributed by atoms with van der Waals surface area (Å²) in [6.07, 6.45) is 2.49. The summed E-state index contributed by atoms with van der Waals surface area (Å²) < 4.78 is 12.4. The van der Waals surface area contributed by atoms with E-state index >= 15 is 0 Å². The summed E-state index contributed by atoms with van der Waals surface area (Å²) in [4.78, 5) is 0. The predicted octanol–water partition coefficient (Wildman–Crippen LogP) is 3.67. The highest BCUT2D eigenvalue weighted by molar-refractivity contribution is 9.10. The lowest BCUT2D eigenvalue weighted by Gasteiger charge is -2.21. The third-order valence-electron chi connectivity index (χ3n) is 3.06. The molecule has 1 saturated heterocycles. The molecule has 1 aliphatic rings. The average molecular weight is 314 g/mol. The third kappa shape index (κ3) is 2.98. The summed E-state index contributed by atoms with van der Waals surface area (Å²) >= 11 is 3.54. The van der Waals surface area contributed by atoms with Crippen LogP contribution in [-0.2, 0) is 0 Å². The van der Waals surface area contributed by atoms with Gasteiger partial charge in [0, 0.05) is 16.1 Å². The van der Waals surface area contributed by atoms with Gasteiger partial charge in [-0.3, -0.25) is 0 Å². The van der Waals surface area contributed by atoms with Gasteiger partial charge in [0.2, 0.25) is 0 Å². The van der Waals surface area contributed by atoms with Crippen LogP contribution in [0.4, 0.5) is 0 Å². The van der Waals surface area contributed by atoms with Gasteiger partial charge in [-0.05, 0) is 45.4 Å². The molecular weight excluding hydrogens is 294 g/mol. The van der Waals surface area contributed by atoms with Crippen molar-refractivity contribution in [3.05, 3.63) is 22.2 Å². The van der Waals surface area contributed by atoms with Crippen LogP contribution in [0.15, 0.2) is 16.6 Å². The standard InChI is InChI=1S/C14H20BrNO2/c1-9(2)18-14-11(12-5-4-6-16-12)7-10(15)8-13(14)17-3/h7-9,12,16H,4-6H2,1-3H3. The molecule has 1 aromatic carbocycles. The van der Waals surface area contributed by atoms with Crippen LogP contribution in [0.25, 0.3) is 0 Å². The monoisotopic (exact) mass is 313 g/mol. The fourth-order valence-corrected chi connectivity index (χ4v) is 2.77. The number of rotatable bonds is 4. The first kappa shape index (κ1) is 13.7. The van der Waals surface area contributed by atoms with E-state index in [4.69, 9.17) is 9.47 Å². The molecule has 0 aromatic heterocycles. The van der Waals surface area contributed by atoms with Crippen LogP contribution in [0, 0.1) is 0 Å². The second-order valence-electron chi connectivity index (χ2n) is 4.84. The number of methoxy groups -OCH3 is 1. The van der Waals surface area contributed by atoms with E-state index in [9.17, 15) is 0 Å². The van der Waals surface area contributed by atoms with Gasteiger partial charge >= 0.3 is 0 Å². The molecule has 0 amide bonds. The van der Waals surface area contributed by atoms with Gasteiger partial charge in [0.15, 0.2) is 11.5 Å². The van der Waals surface area contributed by atoms with Crippen LogP contribution >= 0.6 is 15.9 Å². The highest BCUT2D eigenvalue weighted by atomic mass is 79.9. The van der Waals surface area contributed by atoms with Gasteiger partial charge in [-0.1, -0.05) is 15.9 Å². The Bertz CT molecular complexity index is 415. The number of benzene rings is 1. The largest absolute Gasteiger partial charge is 0.493 e. The Balaban J connectivity index is 2.43. The molecule has 1 atom stereocenters. The Hall–Kier alpha value is -0.740. The molecule has 0 radical (unpaired) electrons. The molecule has 1 aromatic rings. The summed E-state index contributed by atoms with van der Waals surface area (Å²) in [5.74, 6) is 1.66. The van der Waals surface area contributed by atoms with E-state index in [2.05, 4.69) is 27.3 Å². The van der Waals surface area contributed by atoms with Gasteiger partial charge in [0.1, 0.15) is 0 Å². The van der Waals surface area contributed by atoms with Gasteiger partial charge < -0.3 is 14.8 Å². The first-order chi connectivity index (χ1) is 8.61. The zero-order chi connectivity index (χ0) is 13.1. The first-order valence-corrected chi connectivity index (χ1v) is 7.18. The van der Waals surface area contributed by atoms with Crippen LogP contribution in [0.2, 0.25) is 0 Å². The summed E-state index contributed by atoms with van der Waals surface area (Å²) in [5.41, 5.74) is 1.19. The minimum atomic E-state index is 0.139. The van der Waals surface area contributed by atoms with Crippen LogP contribution in [-0.4, -0.2) is 19.8 Å². The molecule has 100 valence electrons. The van der Waals surface area contributed by atoms with Crippen LogP contribution < -0.4 is 14.8 Å². The van der Waals surface area contributed by atoms with Gasteiger partial charge in [-0.25, -0.2) is 0 Å². The summed E-state index contributed by atoms with van der Waals surface area (Å²) in [6, 6.07) is 4.45. The fraction of sp³-hybridized carbons (Fsp3) is 0.571. The molecule has 0 saturated carbocycles. The second-order valence-corrected chi connectivity index (χ2v) is 5.76. The average Bonchev–Trinajstić information content (AvgIpc) is 2.83. The highest BCUT2D eigenvalue weighted by Crippen LogP contribution is 2.40. The van der Waals surface area contributed by atoms with Gasteiger partial charge in [0.05, 0.1) is 13.2 Å². The topological polar surface area (TPSA) is 30.5 Å². The molecule has 1 heterocycles. The molecule has 3 nitrogen and oxygen atoms in total. The Morgan fingerprint density at radius 3 is 2.72 bits per heavy atom. The maximum atomic E-state index is 5.95. The quantitative estimate of drug-likeness (QED) is 0.920. The molecule has 0 bridgehead atoms. The van der Waals surface area contributed by atoms with Gasteiger partial charge in [-0.15, -0.1) is 0 Å². The second kappa shape index (κ2) is 5.93. The van der Waals surface area contributed by atoms with Crippen molar-refractivity contribution in [3.63, 3.8) is 0 Å². The van der Waals surface area contributed by atoms with E-state index in [1.54, 1.807) is 7.11 Å². The van der Waals surface area contributed by atoms with E-state index < -0.39 is 0 Å². The maximum Gasteiger partial charge on any atom is 0.166 e. The maximum absolute atomic E-state index is 5.95. The van der Waals surface area contributed by atoms with Crippen molar-refractivity contribution >= 4 is 15.9 Å². The van der Waals surface area contributed by atoms with Crippen LogP contribution in [0.3, 0.4) is 0 Å². The number of halogens is 1. The molecule has 1 aliphatic heterocycles. The molecule has 0 aliphatic carbocycles. The highest BCUT2D eigenvalue weighted by Gasteiger charge is 2.23.